The lowest BCUT2D eigenvalue weighted by atomic mass is 10.3. The zero-order valence-electron chi connectivity index (χ0n) is 9.52. The second kappa shape index (κ2) is 6.71. The number of benzene rings is 1. The number of ether oxygens (including phenoxy) is 1. The first-order chi connectivity index (χ1) is 8.81. The molecule has 0 atom stereocenters. The summed E-state index contributed by atoms with van der Waals surface area (Å²) in [5.41, 5.74) is 0. The molecule has 0 bridgehead atoms. The van der Waals surface area contributed by atoms with Crippen molar-refractivity contribution in [1.82, 2.24) is 4.72 Å². The molecule has 0 aliphatic carbocycles. The van der Waals surface area contributed by atoms with Crippen molar-refractivity contribution in [3.8, 4) is 5.75 Å². The number of halogens is 4. The van der Waals surface area contributed by atoms with Gasteiger partial charge in [-0.05, 0) is 24.3 Å². The summed E-state index contributed by atoms with van der Waals surface area (Å²) < 4.78 is 76.9. The number of sulfonamides is 1. The maximum Gasteiger partial charge on any atom is 0.272 e. The van der Waals surface area contributed by atoms with Gasteiger partial charge >= 0.3 is 0 Å². The van der Waals surface area contributed by atoms with Gasteiger partial charge in [0.2, 0.25) is 10.0 Å². The van der Waals surface area contributed by atoms with Gasteiger partial charge in [-0.15, -0.1) is 0 Å². The number of nitrogens with one attached hydrogen (secondary N) is 1. The summed E-state index contributed by atoms with van der Waals surface area (Å²) >= 11 is 0. The predicted molar refractivity (Wildman–Crippen MR) is 59.1 cm³/mol. The summed E-state index contributed by atoms with van der Waals surface area (Å²) in [6.07, 6.45) is -5.44. The highest BCUT2D eigenvalue weighted by Gasteiger charge is 2.16. The van der Waals surface area contributed by atoms with Crippen LogP contribution in [0.1, 0.15) is 0 Å². The molecule has 108 valence electrons. The van der Waals surface area contributed by atoms with Crippen LogP contribution in [0.2, 0.25) is 0 Å². The van der Waals surface area contributed by atoms with Gasteiger partial charge in [0.1, 0.15) is 12.4 Å². The average molecular weight is 301 g/mol. The van der Waals surface area contributed by atoms with E-state index in [0.717, 1.165) is 12.1 Å². The molecule has 4 nitrogen and oxygen atoms in total. The van der Waals surface area contributed by atoms with Crippen molar-refractivity contribution >= 4 is 10.0 Å². The molecule has 9 heteroatoms. The molecule has 1 N–H and O–H groups in total. The van der Waals surface area contributed by atoms with Crippen LogP contribution in [0.5, 0.6) is 5.75 Å². The van der Waals surface area contributed by atoms with Crippen molar-refractivity contribution in [2.24, 2.45) is 0 Å². The summed E-state index contributed by atoms with van der Waals surface area (Å²) in [7, 11) is -4.04. The molecule has 0 aliphatic rings. The minimum Gasteiger partial charge on any atom is -0.488 e. The highest BCUT2D eigenvalue weighted by atomic mass is 32.2. The molecule has 0 fully saturated rings. The van der Waals surface area contributed by atoms with Gasteiger partial charge in [-0.3, -0.25) is 0 Å². The Hall–Kier alpha value is -1.35. The van der Waals surface area contributed by atoms with Crippen LogP contribution in [-0.4, -0.2) is 34.4 Å². The van der Waals surface area contributed by atoms with E-state index in [0.29, 0.717) is 0 Å². The van der Waals surface area contributed by atoms with Crippen LogP contribution >= 0.6 is 0 Å². The van der Waals surface area contributed by atoms with Gasteiger partial charge in [0, 0.05) is 0 Å². The molecule has 0 aromatic heterocycles. The zero-order chi connectivity index (χ0) is 14.5. The van der Waals surface area contributed by atoms with E-state index in [-0.39, 0.29) is 10.6 Å². The third kappa shape index (κ3) is 5.43. The standard InChI is InChI=1S/C10H11F4NO3S/c11-9(12)5-15-19(16,17)8-3-1-7(2-4-8)18-6-10(13)14/h1-4,9-10,15H,5-6H2. The molecule has 0 heterocycles. The van der Waals surface area contributed by atoms with Crippen molar-refractivity contribution in [1.29, 1.82) is 0 Å². The summed E-state index contributed by atoms with van der Waals surface area (Å²) in [6, 6.07) is 4.49. The van der Waals surface area contributed by atoms with Crippen LogP contribution < -0.4 is 9.46 Å². The fourth-order valence-electron chi connectivity index (χ4n) is 1.13. The van der Waals surface area contributed by atoms with Gasteiger partial charge in [-0.1, -0.05) is 0 Å². The van der Waals surface area contributed by atoms with E-state index in [9.17, 15) is 26.0 Å². The van der Waals surface area contributed by atoms with Gasteiger partial charge in [0.25, 0.3) is 12.9 Å². The van der Waals surface area contributed by atoms with E-state index in [1.54, 1.807) is 4.72 Å². The van der Waals surface area contributed by atoms with E-state index in [2.05, 4.69) is 4.74 Å². The van der Waals surface area contributed by atoms with Gasteiger partial charge in [0.05, 0.1) is 11.4 Å². The third-order valence-corrected chi connectivity index (χ3v) is 3.38. The Morgan fingerprint density at radius 2 is 1.63 bits per heavy atom. The lowest BCUT2D eigenvalue weighted by Crippen LogP contribution is -2.28. The number of rotatable bonds is 7. The minimum absolute atomic E-state index is 0.0631. The minimum atomic E-state index is -4.04. The monoisotopic (exact) mass is 301 g/mol. The lowest BCUT2D eigenvalue weighted by molar-refractivity contribution is 0.0819. The predicted octanol–water partition coefficient (Wildman–Crippen LogP) is 1.87. The molecule has 0 unspecified atom stereocenters. The van der Waals surface area contributed by atoms with E-state index >= 15 is 0 Å². The van der Waals surface area contributed by atoms with Crippen LogP contribution in [0.25, 0.3) is 0 Å². The van der Waals surface area contributed by atoms with Crippen LogP contribution in [0, 0.1) is 0 Å². The maximum absolute atomic E-state index is 11.9. The second-order valence-electron chi connectivity index (χ2n) is 3.42. The molecule has 0 saturated heterocycles. The molecule has 0 aliphatic heterocycles. The SMILES string of the molecule is O=S(=O)(NCC(F)F)c1ccc(OCC(F)F)cc1. The van der Waals surface area contributed by atoms with Crippen molar-refractivity contribution < 1.29 is 30.7 Å². The average Bonchev–Trinajstić information content (AvgIpc) is 2.34. The Labute approximate surface area is 107 Å². The molecular formula is C10H11F4NO3S. The molecule has 0 saturated carbocycles. The van der Waals surface area contributed by atoms with Crippen molar-refractivity contribution in [2.75, 3.05) is 13.2 Å². The first-order valence-electron chi connectivity index (χ1n) is 5.10. The van der Waals surface area contributed by atoms with Crippen molar-refractivity contribution in [3.05, 3.63) is 24.3 Å². The van der Waals surface area contributed by atoms with E-state index in [1.165, 1.54) is 12.1 Å². The Bertz CT molecular complexity index is 490. The molecule has 0 spiro atoms. The zero-order valence-corrected chi connectivity index (χ0v) is 10.3. The van der Waals surface area contributed by atoms with E-state index < -0.39 is 36.0 Å². The Kier molecular flexibility index (Phi) is 5.55. The number of alkyl halides is 4. The van der Waals surface area contributed by atoms with Crippen LogP contribution in [0.4, 0.5) is 17.6 Å². The smallest absolute Gasteiger partial charge is 0.272 e. The third-order valence-electron chi connectivity index (χ3n) is 1.94. The Morgan fingerprint density at radius 3 is 2.11 bits per heavy atom. The normalized spacial score (nSPS) is 12.1. The number of hydrogen-bond acceptors (Lipinski definition) is 3. The molecule has 0 amide bonds. The maximum atomic E-state index is 11.9. The molecular weight excluding hydrogens is 290 g/mol. The fraction of sp³-hybridized carbons (Fsp3) is 0.400. The fourth-order valence-corrected chi connectivity index (χ4v) is 2.14. The van der Waals surface area contributed by atoms with Crippen LogP contribution in [0.3, 0.4) is 0 Å². The van der Waals surface area contributed by atoms with Gasteiger partial charge in [0.15, 0.2) is 0 Å². The van der Waals surface area contributed by atoms with Gasteiger partial charge in [-0.25, -0.2) is 30.7 Å². The second-order valence-corrected chi connectivity index (χ2v) is 5.18. The summed E-state index contributed by atoms with van der Waals surface area (Å²) in [4.78, 5) is -0.252. The Morgan fingerprint density at radius 1 is 1.05 bits per heavy atom. The van der Waals surface area contributed by atoms with E-state index in [1.807, 2.05) is 0 Å². The molecule has 1 rings (SSSR count). The molecule has 1 aromatic rings. The topological polar surface area (TPSA) is 55.4 Å². The van der Waals surface area contributed by atoms with Crippen molar-refractivity contribution in [3.63, 3.8) is 0 Å². The van der Waals surface area contributed by atoms with Crippen LogP contribution in [-0.2, 0) is 10.0 Å². The first-order valence-corrected chi connectivity index (χ1v) is 6.58. The number of hydrogen-bond donors (Lipinski definition) is 1. The summed E-state index contributed by atoms with van der Waals surface area (Å²) in [5.74, 6) is 0.0631. The van der Waals surface area contributed by atoms with Crippen LogP contribution in [0.15, 0.2) is 29.2 Å². The molecule has 1 aromatic carbocycles. The first kappa shape index (κ1) is 15.7. The lowest BCUT2D eigenvalue weighted by Gasteiger charge is -2.08. The summed E-state index contributed by atoms with van der Waals surface area (Å²) in [5, 5.41) is 0. The van der Waals surface area contributed by atoms with E-state index in [4.69, 9.17) is 0 Å². The highest BCUT2D eigenvalue weighted by molar-refractivity contribution is 7.89. The highest BCUT2D eigenvalue weighted by Crippen LogP contribution is 2.16. The summed E-state index contributed by atoms with van der Waals surface area (Å²) in [6.45, 7) is -1.80. The van der Waals surface area contributed by atoms with Crippen molar-refractivity contribution in [2.45, 2.75) is 17.7 Å². The molecule has 0 radical (unpaired) electrons. The molecule has 19 heavy (non-hydrogen) atoms. The largest absolute Gasteiger partial charge is 0.488 e. The van der Waals surface area contributed by atoms with Gasteiger partial charge < -0.3 is 4.74 Å². The quantitative estimate of drug-likeness (QED) is 0.782. The van der Waals surface area contributed by atoms with Gasteiger partial charge in [-0.2, -0.15) is 0 Å². The Balaban J connectivity index is 2.69.